The summed E-state index contributed by atoms with van der Waals surface area (Å²) < 4.78 is 5.42. The van der Waals surface area contributed by atoms with Crippen LogP contribution in [0.4, 0.5) is 5.82 Å². The van der Waals surface area contributed by atoms with Gasteiger partial charge in [0.25, 0.3) is 0 Å². The predicted octanol–water partition coefficient (Wildman–Crippen LogP) is 1.01. The molecule has 174 valence electrons. The summed E-state index contributed by atoms with van der Waals surface area (Å²) in [6.45, 7) is 7.49. The molecule has 4 aliphatic heterocycles. The average molecular weight is 442 g/mol. The van der Waals surface area contributed by atoms with Gasteiger partial charge in [-0.1, -0.05) is 0 Å². The van der Waals surface area contributed by atoms with Crippen molar-refractivity contribution in [2.45, 2.75) is 38.1 Å². The molecule has 0 N–H and O–H groups in total. The molecular formula is C24H35N5O3. The predicted molar refractivity (Wildman–Crippen MR) is 121 cm³/mol. The van der Waals surface area contributed by atoms with Gasteiger partial charge in [0, 0.05) is 63.8 Å². The zero-order valence-corrected chi connectivity index (χ0v) is 19.2. The molecule has 0 aromatic carbocycles. The molecule has 5 heterocycles. The number of likely N-dealkylation sites (N-methyl/N-ethyl adjacent to an activating group) is 1. The standard InChI is InChI=1S/C24H35N5O3/c1-26-16-24(15-20(26)23(31)28-8-2-3-9-28)17-29(18-24)22(30)5-4-19-6-7-25-21(14-19)27-10-12-32-13-11-27/h6-7,14,20H,2-5,8-13,15-18H2,1H3. The van der Waals surface area contributed by atoms with E-state index in [1.54, 1.807) is 0 Å². The number of hydrogen-bond acceptors (Lipinski definition) is 6. The maximum Gasteiger partial charge on any atom is 0.239 e. The topological polar surface area (TPSA) is 69.2 Å². The normalized spacial score (nSPS) is 25.4. The summed E-state index contributed by atoms with van der Waals surface area (Å²) in [5.41, 5.74) is 1.26. The quantitative estimate of drug-likeness (QED) is 0.679. The van der Waals surface area contributed by atoms with Gasteiger partial charge in [-0.3, -0.25) is 14.5 Å². The minimum absolute atomic E-state index is 0.0132. The molecule has 1 aromatic heterocycles. The van der Waals surface area contributed by atoms with Crippen LogP contribution in [0.15, 0.2) is 18.3 Å². The lowest BCUT2D eigenvalue weighted by atomic mass is 9.77. The number of aromatic nitrogens is 1. The van der Waals surface area contributed by atoms with E-state index in [0.29, 0.717) is 12.3 Å². The highest BCUT2D eigenvalue weighted by atomic mass is 16.5. The number of likely N-dealkylation sites (tertiary alicyclic amines) is 3. The zero-order valence-electron chi connectivity index (χ0n) is 19.2. The third-order valence-corrected chi connectivity index (χ3v) is 7.62. The summed E-state index contributed by atoms with van der Waals surface area (Å²) >= 11 is 0. The lowest BCUT2D eigenvalue weighted by molar-refractivity contribution is -0.142. The SMILES string of the molecule is CN1CC2(CC1C(=O)N1CCCC1)CN(C(=O)CCc1ccnc(N3CCOCC3)c1)C2. The Morgan fingerprint density at radius 1 is 1.09 bits per heavy atom. The number of aryl methyl sites for hydroxylation is 1. The first-order chi connectivity index (χ1) is 15.5. The molecule has 1 spiro atoms. The van der Waals surface area contributed by atoms with E-state index in [9.17, 15) is 9.59 Å². The number of nitrogens with zero attached hydrogens (tertiary/aromatic N) is 5. The van der Waals surface area contributed by atoms with Crippen LogP contribution in [-0.2, 0) is 20.7 Å². The highest BCUT2D eigenvalue weighted by Gasteiger charge is 2.53. The van der Waals surface area contributed by atoms with Gasteiger partial charge in [-0.25, -0.2) is 4.98 Å². The highest BCUT2D eigenvalue weighted by molar-refractivity contribution is 5.83. The van der Waals surface area contributed by atoms with Crippen molar-refractivity contribution >= 4 is 17.6 Å². The molecule has 5 rings (SSSR count). The second-order valence-corrected chi connectivity index (χ2v) is 10.0. The summed E-state index contributed by atoms with van der Waals surface area (Å²) in [7, 11) is 2.06. The molecule has 4 aliphatic rings. The van der Waals surface area contributed by atoms with E-state index in [2.05, 4.69) is 27.9 Å². The smallest absolute Gasteiger partial charge is 0.239 e. The zero-order chi connectivity index (χ0) is 22.1. The van der Waals surface area contributed by atoms with Crippen LogP contribution in [0.1, 0.15) is 31.2 Å². The monoisotopic (exact) mass is 441 g/mol. The van der Waals surface area contributed by atoms with Crippen molar-refractivity contribution < 1.29 is 14.3 Å². The molecule has 32 heavy (non-hydrogen) atoms. The minimum atomic E-state index is -0.0132. The van der Waals surface area contributed by atoms with E-state index in [0.717, 1.165) is 96.1 Å². The summed E-state index contributed by atoms with van der Waals surface area (Å²) in [5, 5.41) is 0. The maximum absolute atomic E-state index is 12.9. The van der Waals surface area contributed by atoms with Gasteiger partial charge in [0.15, 0.2) is 0 Å². The highest BCUT2D eigenvalue weighted by Crippen LogP contribution is 2.43. The molecule has 8 nitrogen and oxygen atoms in total. The third kappa shape index (κ3) is 4.35. The van der Waals surface area contributed by atoms with Crippen LogP contribution in [-0.4, -0.2) is 104 Å². The van der Waals surface area contributed by atoms with Gasteiger partial charge in [0.05, 0.1) is 19.3 Å². The minimum Gasteiger partial charge on any atom is -0.378 e. The summed E-state index contributed by atoms with van der Waals surface area (Å²) in [5.74, 6) is 1.49. The van der Waals surface area contributed by atoms with Gasteiger partial charge in [0.2, 0.25) is 11.8 Å². The second kappa shape index (κ2) is 8.98. The van der Waals surface area contributed by atoms with Crippen molar-refractivity contribution in [3.8, 4) is 0 Å². The molecule has 1 unspecified atom stereocenters. The first-order valence-electron chi connectivity index (χ1n) is 12.1. The Labute approximate surface area is 190 Å². The van der Waals surface area contributed by atoms with Gasteiger partial charge in [0.1, 0.15) is 5.82 Å². The van der Waals surface area contributed by atoms with Crippen molar-refractivity contribution in [2.24, 2.45) is 5.41 Å². The molecule has 0 bridgehead atoms. The van der Waals surface area contributed by atoms with E-state index in [-0.39, 0.29) is 17.4 Å². The molecule has 4 fully saturated rings. The number of rotatable bonds is 5. The number of pyridine rings is 1. The Balaban J connectivity index is 1.11. The second-order valence-electron chi connectivity index (χ2n) is 10.0. The van der Waals surface area contributed by atoms with Crippen LogP contribution >= 0.6 is 0 Å². The number of anilines is 1. The van der Waals surface area contributed by atoms with Gasteiger partial charge >= 0.3 is 0 Å². The van der Waals surface area contributed by atoms with Crippen molar-refractivity contribution in [3.05, 3.63) is 23.9 Å². The van der Waals surface area contributed by atoms with E-state index in [4.69, 9.17) is 4.74 Å². The van der Waals surface area contributed by atoms with Crippen molar-refractivity contribution in [1.82, 2.24) is 19.7 Å². The Bertz CT molecular complexity index is 844. The van der Waals surface area contributed by atoms with Crippen LogP contribution in [0.25, 0.3) is 0 Å². The number of carbonyl (C=O) groups excluding carboxylic acids is 2. The maximum atomic E-state index is 12.9. The molecule has 0 radical (unpaired) electrons. The molecule has 1 aromatic rings. The Morgan fingerprint density at radius 3 is 2.59 bits per heavy atom. The number of amides is 2. The fourth-order valence-corrected chi connectivity index (χ4v) is 5.85. The molecule has 1 atom stereocenters. The molecular weight excluding hydrogens is 406 g/mol. The first-order valence-corrected chi connectivity index (χ1v) is 12.1. The number of carbonyl (C=O) groups is 2. The van der Waals surface area contributed by atoms with Crippen LogP contribution in [0.5, 0.6) is 0 Å². The third-order valence-electron chi connectivity index (χ3n) is 7.62. The lowest BCUT2D eigenvalue weighted by Crippen LogP contribution is -2.59. The Morgan fingerprint density at radius 2 is 1.84 bits per heavy atom. The van der Waals surface area contributed by atoms with E-state index in [1.807, 2.05) is 22.1 Å². The van der Waals surface area contributed by atoms with Gasteiger partial charge in [-0.15, -0.1) is 0 Å². The van der Waals surface area contributed by atoms with Crippen LogP contribution in [0, 0.1) is 5.41 Å². The lowest BCUT2D eigenvalue weighted by Gasteiger charge is -2.48. The number of hydrogen-bond donors (Lipinski definition) is 0. The number of ether oxygens (including phenoxy) is 1. The van der Waals surface area contributed by atoms with E-state index < -0.39 is 0 Å². The molecule has 4 saturated heterocycles. The molecule has 0 aliphatic carbocycles. The van der Waals surface area contributed by atoms with Crippen molar-refractivity contribution in [3.63, 3.8) is 0 Å². The summed E-state index contributed by atoms with van der Waals surface area (Å²) in [6.07, 6.45) is 6.24. The van der Waals surface area contributed by atoms with Crippen molar-refractivity contribution in [2.75, 3.05) is 71.0 Å². The van der Waals surface area contributed by atoms with Crippen LogP contribution in [0.2, 0.25) is 0 Å². The largest absolute Gasteiger partial charge is 0.378 e. The Hall–Kier alpha value is -2.19. The fourth-order valence-electron chi connectivity index (χ4n) is 5.85. The van der Waals surface area contributed by atoms with Gasteiger partial charge < -0.3 is 19.4 Å². The fraction of sp³-hybridized carbons (Fsp3) is 0.708. The molecule has 2 amide bonds. The van der Waals surface area contributed by atoms with Crippen LogP contribution in [0.3, 0.4) is 0 Å². The van der Waals surface area contributed by atoms with E-state index >= 15 is 0 Å². The van der Waals surface area contributed by atoms with E-state index in [1.165, 1.54) is 0 Å². The first kappa shape index (κ1) is 21.6. The van der Waals surface area contributed by atoms with Gasteiger partial charge in [-0.2, -0.15) is 0 Å². The summed E-state index contributed by atoms with van der Waals surface area (Å²) in [6, 6.07) is 4.10. The summed E-state index contributed by atoms with van der Waals surface area (Å²) in [4.78, 5) is 38.7. The number of morpholine rings is 1. The van der Waals surface area contributed by atoms with Crippen molar-refractivity contribution in [1.29, 1.82) is 0 Å². The van der Waals surface area contributed by atoms with Crippen LogP contribution < -0.4 is 4.90 Å². The van der Waals surface area contributed by atoms with Gasteiger partial charge in [-0.05, 0) is 50.4 Å². The Kier molecular flexibility index (Phi) is 6.07. The molecule has 0 saturated carbocycles. The molecule has 8 heteroatoms. The average Bonchev–Trinajstić information content (AvgIpc) is 3.45.